The molecular weight excluding hydrogens is 174 g/mol. The summed E-state index contributed by atoms with van der Waals surface area (Å²) in [5.41, 5.74) is 1.45. The van der Waals surface area contributed by atoms with Gasteiger partial charge in [-0.25, -0.2) is 0 Å². The van der Waals surface area contributed by atoms with Crippen molar-refractivity contribution < 1.29 is 4.79 Å². The second-order valence-electron chi connectivity index (χ2n) is 2.59. The number of aryl methyl sites for hydroxylation is 1. The average Bonchev–Trinajstić information content (AvgIpc) is 2.03. The Morgan fingerprint density at radius 2 is 2.25 bits per heavy atom. The van der Waals surface area contributed by atoms with Gasteiger partial charge in [-0.15, -0.1) is 0 Å². The van der Waals surface area contributed by atoms with Gasteiger partial charge in [-0.1, -0.05) is 18.5 Å². The predicted molar refractivity (Wildman–Crippen MR) is 48.6 cm³/mol. The highest BCUT2D eigenvalue weighted by atomic mass is 35.5. The zero-order valence-corrected chi connectivity index (χ0v) is 7.85. The minimum Gasteiger partial charge on any atom is -0.294 e. The van der Waals surface area contributed by atoms with Gasteiger partial charge < -0.3 is 0 Å². The fourth-order valence-electron chi connectivity index (χ4n) is 1.06. The first-order valence-corrected chi connectivity index (χ1v) is 4.18. The molecule has 1 aromatic heterocycles. The number of halogens is 1. The average molecular weight is 184 g/mol. The van der Waals surface area contributed by atoms with E-state index in [2.05, 4.69) is 4.98 Å². The van der Waals surface area contributed by atoms with E-state index in [1.807, 2.05) is 13.8 Å². The van der Waals surface area contributed by atoms with Crippen LogP contribution in [-0.4, -0.2) is 10.8 Å². The zero-order chi connectivity index (χ0) is 9.14. The molecule has 0 radical (unpaired) electrons. The summed E-state index contributed by atoms with van der Waals surface area (Å²) in [6.45, 7) is 3.65. The zero-order valence-electron chi connectivity index (χ0n) is 7.10. The number of hydrogen-bond acceptors (Lipinski definition) is 2. The van der Waals surface area contributed by atoms with Crippen LogP contribution in [0.3, 0.4) is 0 Å². The molecule has 0 saturated carbocycles. The first-order chi connectivity index (χ1) is 5.66. The van der Waals surface area contributed by atoms with Gasteiger partial charge in [0.05, 0.1) is 5.02 Å². The highest BCUT2D eigenvalue weighted by molar-refractivity contribution is 6.34. The molecule has 3 heteroatoms. The molecule has 64 valence electrons. The fraction of sp³-hybridized carbons (Fsp3) is 0.333. The molecular formula is C9H10ClNO. The van der Waals surface area contributed by atoms with Crippen molar-refractivity contribution >= 4 is 17.4 Å². The molecule has 1 rings (SSSR count). The Morgan fingerprint density at radius 1 is 1.58 bits per heavy atom. The summed E-state index contributed by atoms with van der Waals surface area (Å²) >= 11 is 5.82. The second kappa shape index (κ2) is 3.68. The van der Waals surface area contributed by atoms with Crippen molar-refractivity contribution in [1.29, 1.82) is 0 Å². The van der Waals surface area contributed by atoms with Gasteiger partial charge in [0, 0.05) is 24.4 Å². The summed E-state index contributed by atoms with van der Waals surface area (Å²) in [4.78, 5) is 15.2. The van der Waals surface area contributed by atoms with Gasteiger partial charge >= 0.3 is 0 Å². The minimum atomic E-state index is 0.0694. The summed E-state index contributed by atoms with van der Waals surface area (Å²) < 4.78 is 0. The third-order valence-corrected chi connectivity index (χ3v) is 1.98. The Labute approximate surface area is 76.6 Å². The maximum Gasteiger partial charge on any atom is 0.164 e. The number of nitrogens with zero attached hydrogens (tertiary/aromatic N) is 1. The Bertz CT molecular complexity index is 289. The van der Waals surface area contributed by atoms with Gasteiger partial charge in [-0.05, 0) is 12.5 Å². The minimum absolute atomic E-state index is 0.0694. The summed E-state index contributed by atoms with van der Waals surface area (Å²) in [5, 5.41) is 0.446. The van der Waals surface area contributed by atoms with E-state index in [4.69, 9.17) is 11.6 Å². The number of ketones is 1. The van der Waals surface area contributed by atoms with E-state index in [1.165, 1.54) is 6.20 Å². The SMILES string of the molecule is CCC(=O)c1c(C)cncc1Cl. The predicted octanol–water partition coefficient (Wildman–Crippen LogP) is 2.64. The Hall–Kier alpha value is -0.890. The summed E-state index contributed by atoms with van der Waals surface area (Å²) in [5.74, 6) is 0.0694. The van der Waals surface area contributed by atoms with Crippen LogP contribution in [0.5, 0.6) is 0 Å². The van der Waals surface area contributed by atoms with Crippen LogP contribution in [0.1, 0.15) is 29.3 Å². The lowest BCUT2D eigenvalue weighted by molar-refractivity contribution is 0.0987. The molecule has 0 N–H and O–H groups in total. The summed E-state index contributed by atoms with van der Waals surface area (Å²) in [6, 6.07) is 0. The van der Waals surface area contributed by atoms with Crippen LogP contribution in [-0.2, 0) is 0 Å². The molecule has 0 aliphatic carbocycles. The largest absolute Gasteiger partial charge is 0.294 e. The number of hydrogen-bond donors (Lipinski definition) is 0. The molecule has 0 atom stereocenters. The van der Waals surface area contributed by atoms with Gasteiger partial charge in [-0.3, -0.25) is 9.78 Å². The molecule has 0 fully saturated rings. The lowest BCUT2D eigenvalue weighted by Gasteiger charge is -2.03. The fourth-order valence-corrected chi connectivity index (χ4v) is 1.37. The lowest BCUT2D eigenvalue weighted by atomic mass is 10.1. The molecule has 0 aliphatic rings. The van der Waals surface area contributed by atoms with Crippen molar-refractivity contribution in [2.24, 2.45) is 0 Å². The molecule has 0 aromatic carbocycles. The van der Waals surface area contributed by atoms with Gasteiger partial charge in [-0.2, -0.15) is 0 Å². The highest BCUT2D eigenvalue weighted by Crippen LogP contribution is 2.19. The van der Waals surface area contributed by atoms with E-state index < -0.39 is 0 Å². The first-order valence-electron chi connectivity index (χ1n) is 3.80. The molecule has 1 heterocycles. The number of pyridine rings is 1. The lowest BCUT2D eigenvalue weighted by Crippen LogP contribution is -2.01. The molecule has 12 heavy (non-hydrogen) atoms. The van der Waals surface area contributed by atoms with Crippen molar-refractivity contribution in [1.82, 2.24) is 4.98 Å². The number of rotatable bonds is 2. The van der Waals surface area contributed by atoms with Crippen molar-refractivity contribution in [3.63, 3.8) is 0 Å². The summed E-state index contributed by atoms with van der Waals surface area (Å²) in [7, 11) is 0. The standard InChI is InChI=1S/C9H10ClNO/c1-3-8(12)9-6(2)4-11-5-7(9)10/h4-5H,3H2,1-2H3. The van der Waals surface area contributed by atoms with Crippen LogP contribution in [0.15, 0.2) is 12.4 Å². The molecule has 2 nitrogen and oxygen atoms in total. The van der Waals surface area contributed by atoms with E-state index in [0.717, 1.165) is 5.56 Å². The van der Waals surface area contributed by atoms with E-state index in [9.17, 15) is 4.79 Å². The molecule has 0 aliphatic heterocycles. The maximum atomic E-state index is 11.3. The van der Waals surface area contributed by atoms with Crippen LogP contribution in [0.4, 0.5) is 0 Å². The van der Waals surface area contributed by atoms with Gasteiger partial charge in [0.1, 0.15) is 0 Å². The summed E-state index contributed by atoms with van der Waals surface area (Å²) in [6.07, 6.45) is 3.62. The van der Waals surface area contributed by atoms with Gasteiger partial charge in [0.25, 0.3) is 0 Å². The monoisotopic (exact) mass is 183 g/mol. The normalized spacial score (nSPS) is 9.92. The number of aromatic nitrogens is 1. The Morgan fingerprint density at radius 3 is 2.75 bits per heavy atom. The third kappa shape index (κ3) is 1.64. The molecule has 0 saturated heterocycles. The van der Waals surface area contributed by atoms with Crippen LogP contribution in [0, 0.1) is 6.92 Å². The Balaban J connectivity index is 3.21. The topological polar surface area (TPSA) is 30.0 Å². The number of Topliss-reactive ketones (excluding diaryl/α,β-unsaturated/α-hetero) is 1. The van der Waals surface area contributed by atoms with E-state index in [0.29, 0.717) is 17.0 Å². The van der Waals surface area contributed by atoms with Crippen LogP contribution in [0.25, 0.3) is 0 Å². The highest BCUT2D eigenvalue weighted by Gasteiger charge is 2.10. The van der Waals surface area contributed by atoms with Crippen molar-refractivity contribution in [3.8, 4) is 0 Å². The van der Waals surface area contributed by atoms with Crippen molar-refractivity contribution in [3.05, 3.63) is 28.5 Å². The smallest absolute Gasteiger partial charge is 0.164 e. The van der Waals surface area contributed by atoms with E-state index in [-0.39, 0.29) is 5.78 Å². The van der Waals surface area contributed by atoms with Crippen molar-refractivity contribution in [2.45, 2.75) is 20.3 Å². The molecule has 0 spiro atoms. The molecule has 1 aromatic rings. The number of carbonyl (C=O) groups is 1. The Kier molecular flexibility index (Phi) is 2.82. The molecule has 0 bridgehead atoms. The maximum absolute atomic E-state index is 11.3. The second-order valence-corrected chi connectivity index (χ2v) is 3.00. The van der Waals surface area contributed by atoms with E-state index >= 15 is 0 Å². The molecule has 0 unspecified atom stereocenters. The first kappa shape index (κ1) is 9.20. The van der Waals surface area contributed by atoms with Crippen LogP contribution < -0.4 is 0 Å². The third-order valence-electron chi connectivity index (χ3n) is 1.69. The number of carbonyl (C=O) groups excluding carboxylic acids is 1. The quantitative estimate of drug-likeness (QED) is 0.660. The van der Waals surface area contributed by atoms with Gasteiger partial charge in [0.2, 0.25) is 0 Å². The molecule has 0 amide bonds. The van der Waals surface area contributed by atoms with Crippen LogP contribution >= 0.6 is 11.6 Å². The van der Waals surface area contributed by atoms with Crippen LogP contribution in [0.2, 0.25) is 5.02 Å². The van der Waals surface area contributed by atoms with E-state index in [1.54, 1.807) is 6.20 Å². The van der Waals surface area contributed by atoms with Crippen molar-refractivity contribution in [2.75, 3.05) is 0 Å². The van der Waals surface area contributed by atoms with Gasteiger partial charge in [0.15, 0.2) is 5.78 Å².